The maximum absolute atomic E-state index is 13.2. The van der Waals surface area contributed by atoms with E-state index < -0.39 is 4.92 Å². The number of nitrogens with one attached hydrogen (secondary N) is 2. The van der Waals surface area contributed by atoms with Crippen molar-refractivity contribution in [2.45, 2.75) is 0 Å². The van der Waals surface area contributed by atoms with E-state index in [1.807, 2.05) is 48.5 Å². The van der Waals surface area contributed by atoms with Gasteiger partial charge in [0.1, 0.15) is 5.69 Å². The molecule has 0 atom stereocenters. The lowest BCUT2D eigenvalue weighted by atomic mass is 10.1. The third kappa shape index (κ3) is 4.13. The summed E-state index contributed by atoms with van der Waals surface area (Å²) < 4.78 is 1.62. The first-order chi connectivity index (χ1) is 15.1. The molecule has 1 heterocycles. The second-order valence-electron chi connectivity index (χ2n) is 6.73. The predicted octanol–water partition coefficient (Wildman–Crippen LogP) is 4.74. The molecular formula is C23H19N5O3. The first-order valence-electron chi connectivity index (χ1n) is 9.55. The van der Waals surface area contributed by atoms with Crippen LogP contribution < -0.4 is 10.6 Å². The van der Waals surface area contributed by atoms with Gasteiger partial charge in [-0.15, -0.1) is 0 Å². The zero-order chi connectivity index (χ0) is 21.8. The summed E-state index contributed by atoms with van der Waals surface area (Å²) in [5.41, 5.74) is 3.56. The molecule has 4 rings (SSSR count). The molecule has 0 fully saturated rings. The molecule has 0 bridgehead atoms. The van der Waals surface area contributed by atoms with Gasteiger partial charge in [-0.3, -0.25) is 14.9 Å². The van der Waals surface area contributed by atoms with Gasteiger partial charge in [-0.1, -0.05) is 30.3 Å². The molecule has 0 spiro atoms. The van der Waals surface area contributed by atoms with Gasteiger partial charge in [0.15, 0.2) is 0 Å². The van der Waals surface area contributed by atoms with E-state index in [4.69, 9.17) is 0 Å². The van der Waals surface area contributed by atoms with Crippen molar-refractivity contribution >= 4 is 23.0 Å². The number of aromatic nitrogens is 2. The van der Waals surface area contributed by atoms with Gasteiger partial charge in [0.2, 0.25) is 0 Å². The number of rotatable bonds is 6. The number of carbonyl (C=O) groups is 1. The van der Waals surface area contributed by atoms with Gasteiger partial charge in [-0.05, 0) is 36.4 Å². The van der Waals surface area contributed by atoms with Crippen molar-refractivity contribution in [2.75, 3.05) is 17.7 Å². The van der Waals surface area contributed by atoms with Crippen LogP contribution in [0.1, 0.15) is 10.4 Å². The first-order valence-corrected chi connectivity index (χ1v) is 9.55. The average molecular weight is 413 g/mol. The molecule has 0 aliphatic rings. The number of para-hydroxylation sites is 3. The Kier molecular flexibility index (Phi) is 5.44. The molecule has 154 valence electrons. The Morgan fingerprint density at radius 1 is 0.935 bits per heavy atom. The standard InChI is InChI=1S/C23H19N5O3/c1-24-20-9-5-6-10-21(20)25-23(29)19-15-27(17-7-3-2-4-8-17)26-22(19)16-11-13-18(14-12-16)28(30)31/h2-15,24H,1H3,(H,25,29). The molecule has 0 saturated heterocycles. The number of hydrogen-bond donors (Lipinski definition) is 2. The van der Waals surface area contributed by atoms with E-state index in [1.165, 1.54) is 12.1 Å². The van der Waals surface area contributed by atoms with Gasteiger partial charge in [0.25, 0.3) is 11.6 Å². The minimum atomic E-state index is -0.464. The van der Waals surface area contributed by atoms with Gasteiger partial charge in [0.05, 0.1) is 27.5 Å². The molecule has 0 aliphatic carbocycles. The second kappa shape index (κ2) is 8.50. The number of amides is 1. The summed E-state index contributed by atoms with van der Waals surface area (Å²) in [6, 6.07) is 22.8. The third-order valence-corrected chi connectivity index (χ3v) is 4.78. The van der Waals surface area contributed by atoms with Crippen LogP contribution in [-0.4, -0.2) is 27.7 Å². The lowest BCUT2D eigenvalue weighted by Gasteiger charge is -2.10. The van der Waals surface area contributed by atoms with E-state index in [1.54, 1.807) is 36.1 Å². The topological polar surface area (TPSA) is 102 Å². The maximum atomic E-state index is 13.2. The molecular weight excluding hydrogens is 394 g/mol. The summed E-state index contributed by atoms with van der Waals surface area (Å²) in [4.78, 5) is 23.7. The molecule has 3 aromatic carbocycles. The second-order valence-corrected chi connectivity index (χ2v) is 6.73. The lowest BCUT2D eigenvalue weighted by molar-refractivity contribution is -0.384. The van der Waals surface area contributed by atoms with Crippen LogP contribution in [0.25, 0.3) is 16.9 Å². The number of benzene rings is 3. The molecule has 8 nitrogen and oxygen atoms in total. The van der Waals surface area contributed by atoms with Crippen LogP contribution in [-0.2, 0) is 0 Å². The molecule has 0 saturated carbocycles. The molecule has 0 unspecified atom stereocenters. The summed E-state index contributed by atoms with van der Waals surface area (Å²) in [6.45, 7) is 0. The van der Waals surface area contributed by atoms with Crippen LogP contribution in [0, 0.1) is 10.1 Å². The lowest BCUT2D eigenvalue weighted by Crippen LogP contribution is -2.13. The summed E-state index contributed by atoms with van der Waals surface area (Å²) in [7, 11) is 1.78. The van der Waals surface area contributed by atoms with Gasteiger partial charge in [0, 0.05) is 30.9 Å². The zero-order valence-electron chi connectivity index (χ0n) is 16.6. The molecule has 1 aromatic heterocycles. The molecule has 2 N–H and O–H groups in total. The minimum Gasteiger partial charge on any atom is -0.386 e. The van der Waals surface area contributed by atoms with E-state index >= 15 is 0 Å². The number of hydrogen-bond acceptors (Lipinski definition) is 5. The smallest absolute Gasteiger partial charge is 0.269 e. The Labute approximate surface area is 178 Å². The molecule has 1 amide bonds. The molecule has 0 radical (unpaired) electrons. The van der Waals surface area contributed by atoms with Gasteiger partial charge in [-0.2, -0.15) is 5.10 Å². The van der Waals surface area contributed by atoms with Crippen molar-refractivity contribution < 1.29 is 9.72 Å². The highest BCUT2D eigenvalue weighted by molar-refractivity contribution is 6.09. The number of anilines is 2. The van der Waals surface area contributed by atoms with Crippen LogP contribution in [0.3, 0.4) is 0 Å². The maximum Gasteiger partial charge on any atom is 0.269 e. The Hall–Kier alpha value is -4.46. The summed E-state index contributed by atoms with van der Waals surface area (Å²) in [5, 5.41) is 21.6. The number of nitrogens with zero attached hydrogens (tertiary/aromatic N) is 3. The highest BCUT2D eigenvalue weighted by Crippen LogP contribution is 2.28. The summed E-state index contributed by atoms with van der Waals surface area (Å²) in [5.74, 6) is -0.335. The van der Waals surface area contributed by atoms with Crippen molar-refractivity contribution in [3.05, 3.63) is 101 Å². The summed E-state index contributed by atoms with van der Waals surface area (Å²) >= 11 is 0. The van der Waals surface area contributed by atoms with E-state index in [-0.39, 0.29) is 11.6 Å². The third-order valence-electron chi connectivity index (χ3n) is 4.78. The van der Waals surface area contributed by atoms with Crippen molar-refractivity contribution in [3.63, 3.8) is 0 Å². The van der Waals surface area contributed by atoms with E-state index in [9.17, 15) is 14.9 Å². The Morgan fingerprint density at radius 3 is 2.23 bits per heavy atom. The highest BCUT2D eigenvalue weighted by atomic mass is 16.6. The van der Waals surface area contributed by atoms with Crippen molar-refractivity contribution in [1.29, 1.82) is 0 Å². The Morgan fingerprint density at radius 2 is 1.58 bits per heavy atom. The van der Waals surface area contributed by atoms with Crippen LogP contribution >= 0.6 is 0 Å². The number of non-ortho nitro benzene ring substituents is 1. The fourth-order valence-electron chi connectivity index (χ4n) is 3.21. The molecule has 8 heteroatoms. The first kappa shape index (κ1) is 19.8. The summed E-state index contributed by atoms with van der Waals surface area (Å²) in [6.07, 6.45) is 1.66. The molecule has 0 aliphatic heterocycles. The van der Waals surface area contributed by atoms with Crippen LogP contribution in [0.4, 0.5) is 17.1 Å². The van der Waals surface area contributed by atoms with Gasteiger partial charge in [-0.25, -0.2) is 4.68 Å². The van der Waals surface area contributed by atoms with Crippen molar-refractivity contribution in [1.82, 2.24) is 9.78 Å². The largest absolute Gasteiger partial charge is 0.386 e. The van der Waals surface area contributed by atoms with Gasteiger partial charge < -0.3 is 10.6 Å². The zero-order valence-corrected chi connectivity index (χ0v) is 16.6. The van der Waals surface area contributed by atoms with E-state index in [0.29, 0.717) is 22.5 Å². The monoisotopic (exact) mass is 413 g/mol. The van der Waals surface area contributed by atoms with Crippen LogP contribution in [0.2, 0.25) is 0 Å². The fourth-order valence-corrected chi connectivity index (χ4v) is 3.21. The normalized spacial score (nSPS) is 10.5. The molecule has 4 aromatic rings. The average Bonchev–Trinajstić information content (AvgIpc) is 3.26. The van der Waals surface area contributed by atoms with Gasteiger partial charge >= 0.3 is 0 Å². The highest BCUT2D eigenvalue weighted by Gasteiger charge is 2.20. The van der Waals surface area contributed by atoms with Crippen molar-refractivity contribution in [2.24, 2.45) is 0 Å². The van der Waals surface area contributed by atoms with E-state index in [2.05, 4.69) is 15.7 Å². The Bertz CT molecular complexity index is 1230. The van der Waals surface area contributed by atoms with Crippen LogP contribution in [0.5, 0.6) is 0 Å². The van der Waals surface area contributed by atoms with E-state index in [0.717, 1.165) is 11.4 Å². The number of nitro benzene ring substituents is 1. The van der Waals surface area contributed by atoms with Crippen LogP contribution in [0.15, 0.2) is 85.1 Å². The predicted molar refractivity (Wildman–Crippen MR) is 120 cm³/mol. The number of carbonyl (C=O) groups excluding carboxylic acids is 1. The molecule has 31 heavy (non-hydrogen) atoms. The Balaban J connectivity index is 1.77. The quantitative estimate of drug-likeness (QED) is 0.351. The van der Waals surface area contributed by atoms with Crippen molar-refractivity contribution in [3.8, 4) is 16.9 Å². The SMILES string of the molecule is CNc1ccccc1NC(=O)c1cn(-c2ccccc2)nc1-c1ccc([N+](=O)[O-])cc1. The minimum absolute atomic E-state index is 0.0276. The fraction of sp³-hybridized carbons (Fsp3) is 0.0435. The number of nitro groups is 1.